The average molecular weight is 82.1 g/mol. The molecule has 1 aliphatic rings. The van der Waals surface area contributed by atoms with Gasteiger partial charge in [-0.15, -0.1) is 0 Å². The van der Waals surface area contributed by atoms with E-state index in [0.29, 0.717) is 0 Å². The Balaban J connectivity index is 2.47. The summed E-state index contributed by atoms with van der Waals surface area (Å²) in [5, 5.41) is 0. The lowest BCUT2D eigenvalue weighted by atomic mass is 10.2. The molecule has 0 unspecified atom stereocenters. The Labute approximate surface area is 36.9 Å². The predicted molar refractivity (Wildman–Crippen MR) is 24.0 cm³/mol. The third-order valence-corrected chi connectivity index (χ3v) is 0.683. The molecule has 0 amide bonds. The maximum absolute atomic E-state index is 4.75. The quantitative estimate of drug-likeness (QED) is 0.429. The molecule has 1 heterocycles. The molecule has 1 rings (SSSR count). The van der Waals surface area contributed by atoms with Gasteiger partial charge in [0.05, 0.1) is 6.42 Å². The molecule has 1 aliphatic heterocycles. The van der Waals surface area contributed by atoms with Crippen molar-refractivity contribution in [3.63, 3.8) is 0 Å². The molecule has 0 aromatic heterocycles. The molecule has 32 valence electrons. The molecule has 6 heavy (non-hydrogen) atoms. The Bertz CT molecular complexity index is 80.5. The van der Waals surface area contributed by atoms with Gasteiger partial charge in [0.15, 0.2) is 0 Å². The van der Waals surface area contributed by atoms with Crippen molar-refractivity contribution in [2.45, 2.75) is 6.42 Å². The monoisotopic (exact) mass is 82.0 g/mol. The van der Waals surface area contributed by atoms with Gasteiger partial charge in [0.25, 0.3) is 0 Å². The largest absolute Gasteiger partial charge is 0.466 e. The van der Waals surface area contributed by atoms with Crippen LogP contribution in [0.4, 0.5) is 0 Å². The summed E-state index contributed by atoms with van der Waals surface area (Å²) in [5.74, 6) is 1.67. The van der Waals surface area contributed by atoms with Crippen molar-refractivity contribution < 1.29 is 4.74 Å². The average Bonchev–Trinajstić information content (AvgIpc) is 1.33. The van der Waals surface area contributed by atoms with Gasteiger partial charge >= 0.3 is 0 Å². The normalized spacial score (nSPS) is 19.3. The van der Waals surface area contributed by atoms with Crippen LogP contribution in [0.3, 0.4) is 0 Å². The molecular weight excluding hydrogens is 76.1 g/mol. The van der Waals surface area contributed by atoms with E-state index in [-0.39, 0.29) is 0 Å². The van der Waals surface area contributed by atoms with E-state index in [4.69, 9.17) is 4.74 Å². The minimum absolute atomic E-state index is 0.833. The fraction of sp³-hybridized carbons (Fsp3) is 0.200. The molecule has 1 nitrogen and oxygen atoms in total. The molecule has 0 aromatic rings. The molecular formula is C5H6O. The summed E-state index contributed by atoms with van der Waals surface area (Å²) < 4.78 is 4.75. The van der Waals surface area contributed by atoms with Gasteiger partial charge < -0.3 is 4.74 Å². The highest BCUT2D eigenvalue weighted by Crippen LogP contribution is 2.23. The first-order chi connectivity index (χ1) is 2.79. The summed E-state index contributed by atoms with van der Waals surface area (Å²) in [6.45, 7) is 7.06. The standard InChI is InChI=1S/C5H6O/c1-4-3-5(2)6-4/h1-3H2. The Hall–Kier alpha value is -0.720. The molecule has 0 saturated carbocycles. The van der Waals surface area contributed by atoms with Crippen molar-refractivity contribution in [3.05, 3.63) is 24.7 Å². The topological polar surface area (TPSA) is 9.23 Å². The summed E-state index contributed by atoms with van der Waals surface area (Å²) in [5.41, 5.74) is 0. The molecule has 0 N–H and O–H groups in total. The Morgan fingerprint density at radius 1 is 1.33 bits per heavy atom. The van der Waals surface area contributed by atoms with Crippen LogP contribution in [0.2, 0.25) is 0 Å². The van der Waals surface area contributed by atoms with Gasteiger partial charge in [-0.2, -0.15) is 0 Å². The van der Waals surface area contributed by atoms with E-state index in [1.54, 1.807) is 0 Å². The molecule has 0 radical (unpaired) electrons. The highest BCUT2D eigenvalue weighted by molar-refractivity contribution is 5.10. The van der Waals surface area contributed by atoms with E-state index in [1.165, 1.54) is 0 Å². The van der Waals surface area contributed by atoms with Crippen molar-refractivity contribution in [1.82, 2.24) is 0 Å². The van der Waals surface area contributed by atoms with Gasteiger partial charge in [-0.25, -0.2) is 0 Å². The molecule has 0 bridgehead atoms. The minimum Gasteiger partial charge on any atom is -0.466 e. The molecule has 0 spiro atoms. The fourth-order valence-electron chi connectivity index (χ4n) is 0.416. The van der Waals surface area contributed by atoms with Crippen LogP contribution in [0.1, 0.15) is 6.42 Å². The van der Waals surface area contributed by atoms with Crippen LogP contribution in [-0.2, 0) is 4.74 Å². The van der Waals surface area contributed by atoms with Crippen molar-refractivity contribution in [3.8, 4) is 0 Å². The zero-order valence-electron chi connectivity index (χ0n) is 3.53. The van der Waals surface area contributed by atoms with Crippen molar-refractivity contribution in [2.24, 2.45) is 0 Å². The second-order valence-electron chi connectivity index (χ2n) is 1.36. The third-order valence-electron chi connectivity index (χ3n) is 0.683. The van der Waals surface area contributed by atoms with Crippen LogP contribution in [0.5, 0.6) is 0 Å². The smallest absolute Gasteiger partial charge is 0.104 e. The van der Waals surface area contributed by atoms with Crippen LogP contribution in [-0.4, -0.2) is 0 Å². The lowest BCUT2D eigenvalue weighted by molar-refractivity contribution is 0.209. The van der Waals surface area contributed by atoms with Crippen LogP contribution >= 0.6 is 0 Å². The van der Waals surface area contributed by atoms with E-state index >= 15 is 0 Å². The first-order valence-corrected chi connectivity index (χ1v) is 1.82. The Kier molecular flexibility index (Phi) is 0.502. The highest BCUT2D eigenvalue weighted by Gasteiger charge is 2.10. The number of hydrogen-bond acceptors (Lipinski definition) is 1. The van der Waals surface area contributed by atoms with E-state index in [1.807, 2.05) is 0 Å². The minimum atomic E-state index is 0.833. The van der Waals surface area contributed by atoms with Crippen LogP contribution in [0.25, 0.3) is 0 Å². The lowest BCUT2D eigenvalue weighted by Gasteiger charge is -2.18. The Morgan fingerprint density at radius 3 is 1.67 bits per heavy atom. The summed E-state index contributed by atoms with van der Waals surface area (Å²) in [4.78, 5) is 0. The summed E-state index contributed by atoms with van der Waals surface area (Å²) in [7, 11) is 0. The van der Waals surface area contributed by atoms with Gasteiger partial charge in [-0.1, -0.05) is 13.2 Å². The molecule has 0 atom stereocenters. The summed E-state index contributed by atoms with van der Waals surface area (Å²) in [6.07, 6.45) is 0.861. The Morgan fingerprint density at radius 2 is 1.67 bits per heavy atom. The first kappa shape index (κ1) is 3.47. The molecule has 1 heteroatoms. The van der Waals surface area contributed by atoms with Crippen LogP contribution in [0.15, 0.2) is 24.7 Å². The molecule has 0 aromatic carbocycles. The van der Waals surface area contributed by atoms with Crippen LogP contribution < -0.4 is 0 Å². The van der Waals surface area contributed by atoms with Crippen molar-refractivity contribution >= 4 is 0 Å². The maximum Gasteiger partial charge on any atom is 0.104 e. The maximum atomic E-state index is 4.75. The second-order valence-corrected chi connectivity index (χ2v) is 1.36. The predicted octanol–water partition coefficient (Wildman–Crippen LogP) is 1.43. The molecule has 0 aliphatic carbocycles. The SMILES string of the molecule is C=C1CC(=C)O1. The third kappa shape index (κ3) is 0.322. The van der Waals surface area contributed by atoms with E-state index in [9.17, 15) is 0 Å². The number of rotatable bonds is 0. The van der Waals surface area contributed by atoms with Gasteiger partial charge in [-0.05, 0) is 0 Å². The fourth-order valence-corrected chi connectivity index (χ4v) is 0.416. The van der Waals surface area contributed by atoms with Gasteiger partial charge in [-0.3, -0.25) is 0 Å². The lowest BCUT2D eigenvalue weighted by Crippen LogP contribution is -2.02. The van der Waals surface area contributed by atoms with Gasteiger partial charge in [0, 0.05) is 0 Å². The van der Waals surface area contributed by atoms with Crippen molar-refractivity contribution in [1.29, 1.82) is 0 Å². The van der Waals surface area contributed by atoms with E-state index in [2.05, 4.69) is 13.2 Å². The number of ether oxygens (including phenoxy) is 1. The summed E-state index contributed by atoms with van der Waals surface area (Å²) >= 11 is 0. The highest BCUT2D eigenvalue weighted by atomic mass is 16.5. The van der Waals surface area contributed by atoms with E-state index in [0.717, 1.165) is 17.9 Å². The summed E-state index contributed by atoms with van der Waals surface area (Å²) in [6, 6.07) is 0. The zero-order chi connectivity index (χ0) is 4.57. The van der Waals surface area contributed by atoms with Gasteiger partial charge in [0.2, 0.25) is 0 Å². The molecule has 1 fully saturated rings. The zero-order valence-corrected chi connectivity index (χ0v) is 3.53. The molecule has 1 saturated heterocycles. The second kappa shape index (κ2) is 0.869. The van der Waals surface area contributed by atoms with Crippen LogP contribution in [0, 0.1) is 0 Å². The van der Waals surface area contributed by atoms with E-state index < -0.39 is 0 Å². The first-order valence-electron chi connectivity index (χ1n) is 1.82. The van der Waals surface area contributed by atoms with Crippen molar-refractivity contribution in [2.75, 3.05) is 0 Å². The number of hydrogen-bond donors (Lipinski definition) is 0. The van der Waals surface area contributed by atoms with Gasteiger partial charge in [0.1, 0.15) is 11.5 Å².